The standard InChI is InChI=1S/C16H25NO/c1-13(2)15-11-14(7-8-16(15)18-3)12-17-9-5-4-6-10-17/h7-8,11,13H,4-6,9-10,12H2,1-3H3. The van der Waals surface area contributed by atoms with Crippen LogP contribution < -0.4 is 4.74 Å². The van der Waals surface area contributed by atoms with Crippen LogP contribution in [0.25, 0.3) is 0 Å². The topological polar surface area (TPSA) is 12.5 Å². The number of likely N-dealkylation sites (tertiary alicyclic amines) is 1. The quantitative estimate of drug-likeness (QED) is 0.802. The third-order valence-corrected chi connectivity index (χ3v) is 3.77. The summed E-state index contributed by atoms with van der Waals surface area (Å²) in [6.07, 6.45) is 4.11. The first-order chi connectivity index (χ1) is 8.70. The van der Waals surface area contributed by atoms with Crippen molar-refractivity contribution >= 4 is 0 Å². The molecule has 1 fully saturated rings. The van der Waals surface area contributed by atoms with Crippen molar-refractivity contribution < 1.29 is 4.74 Å². The molecule has 0 aliphatic carbocycles. The van der Waals surface area contributed by atoms with Gasteiger partial charge in [-0.1, -0.05) is 32.4 Å². The predicted octanol–water partition coefficient (Wildman–Crippen LogP) is 3.80. The summed E-state index contributed by atoms with van der Waals surface area (Å²) >= 11 is 0. The second-order valence-corrected chi connectivity index (χ2v) is 5.57. The van der Waals surface area contributed by atoms with E-state index in [1.165, 1.54) is 43.5 Å². The average Bonchev–Trinajstić information content (AvgIpc) is 2.40. The molecular weight excluding hydrogens is 222 g/mol. The average molecular weight is 247 g/mol. The Kier molecular flexibility index (Phi) is 4.65. The molecule has 0 atom stereocenters. The number of rotatable bonds is 4. The highest BCUT2D eigenvalue weighted by atomic mass is 16.5. The number of nitrogens with zero attached hydrogens (tertiary/aromatic N) is 1. The molecule has 100 valence electrons. The Morgan fingerprint density at radius 3 is 2.50 bits per heavy atom. The van der Waals surface area contributed by atoms with Crippen LogP contribution in [0.3, 0.4) is 0 Å². The molecule has 0 bridgehead atoms. The van der Waals surface area contributed by atoms with Gasteiger partial charge >= 0.3 is 0 Å². The predicted molar refractivity (Wildman–Crippen MR) is 76.2 cm³/mol. The maximum absolute atomic E-state index is 5.44. The van der Waals surface area contributed by atoms with E-state index in [2.05, 4.69) is 36.9 Å². The number of methoxy groups -OCH3 is 1. The molecule has 0 amide bonds. The van der Waals surface area contributed by atoms with Gasteiger partial charge in [-0.05, 0) is 49.0 Å². The van der Waals surface area contributed by atoms with Crippen LogP contribution in [0.15, 0.2) is 18.2 Å². The Bertz CT molecular complexity index is 381. The number of benzene rings is 1. The SMILES string of the molecule is COc1ccc(CN2CCCCC2)cc1C(C)C. The van der Waals surface area contributed by atoms with Gasteiger partial charge in [-0.25, -0.2) is 0 Å². The number of ether oxygens (including phenoxy) is 1. The van der Waals surface area contributed by atoms with Crippen molar-refractivity contribution in [3.63, 3.8) is 0 Å². The molecule has 2 nitrogen and oxygen atoms in total. The van der Waals surface area contributed by atoms with E-state index in [-0.39, 0.29) is 0 Å². The Balaban J connectivity index is 2.10. The normalized spacial score (nSPS) is 17.1. The molecule has 0 unspecified atom stereocenters. The molecule has 18 heavy (non-hydrogen) atoms. The van der Waals surface area contributed by atoms with E-state index >= 15 is 0 Å². The van der Waals surface area contributed by atoms with Crippen LogP contribution in [0.1, 0.15) is 50.2 Å². The zero-order valence-electron chi connectivity index (χ0n) is 11.9. The van der Waals surface area contributed by atoms with Crippen LogP contribution >= 0.6 is 0 Å². The van der Waals surface area contributed by atoms with Crippen LogP contribution in [-0.4, -0.2) is 25.1 Å². The van der Waals surface area contributed by atoms with Crippen molar-refractivity contribution in [3.8, 4) is 5.75 Å². The van der Waals surface area contributed by atoms with Gasteiger partial charge in [0.15, 0.2) is 0 Å². The van der Waals surface area contributed by atoms with Crippen LogP contribution in [0.5, 0.6) is 5.75 Å². The molecule has 1 aromatic rings. The van der Waals surface area contributed by atoms with Crippen LogP contribution in [0.2, 0.25) is 0 Å². The lowest BCUT2D eigenvalue weighted by Gasteiger charge is -2.27. The van der Waals surface area contributed by atoms with Crippen LogP contribution in [0, 0.1) is 0 Å². The van der Waals surface area contributed by atoms with Gasteiger partial charge in [0.05, 0.1) is 7.11 Å². The highest BCUT2D eigenvalue weighted by molar-refractivity contribution is 5.39. The molecule has 2 heteroatoms. The van der Waals surface area contributed by atoms with Gasteiger partial charge in [-0.15, -0.1) is 0 Å². The van der Waals surface area contributed by atoms with Crippen molar-refractivity contribution in [2.75, 3.05) is 20.2 Å². The maximum Gasteiger partial charge on any atom is 0.122 e. The number of hydrogen-bond acceptors (Lipinski definition) is 2. The van der Waals surface area contributed by atoms with Crippen molar-refractivity contribution in [2.45, 2.75) is 45.6 Å². The Morgan fingerprint density at radius 2 is 1.89 bits per heavy atom. The smallest absolute Gasteiger partial charge is 0.122 e. The summed E-state index contributed by atoms with van der Waals surface area (Å²) < 4.78 is 5.44. The second kappa shape index (κ2) is 6.24. The van der Waals surface area contributed by atoms with Gasteiger partial charge in [0.2, 0.25) is 0 Å². The zero-order valence-corrected chi connectivity index (χ0v) is 11.9. The lowest BCUT2D eigenvalue weighted by molar-refractivity contribution is 0.221. The van der Waals surface area contributed by atoms with E-state index in [0.29, 0.717) is 5.92 Å². The Morgan fingerprint density at radius 1 is 1.17 bits per heavy atom. The molecule has 0 radical (unpaired) electrons. The fourth-order valence-corrected chi connectivity index (χ4v) is 2.71. The Labute approximate surface area is 111 Å². The second-order valence-electron chi connectivity index (χ2n) is 5.57. The lowest BCUT2D eigenvalue weighted by Crippen LogP contribution is -2.29. The van der Waals surface area contributed by atoms with Gasteiger partial charge in [-0.2, -0.15) is 0 Å². The summed E-state index contributed by atoms with van der Waals surface area (Å²) in [7, 11) is 1.76. The van der Waals surface area contributed by atoms with Crippen molar-refractivity contribution in [2.24, 2.45) is 0 Å². The molecule has 0 saturated carbocycles. The molecule has 1 heterocycles. The molecule has 1 aliphatic rings. The van der Waals surface area contributed by atoms with E-state index in [0.717, 1.165) is 12.3 Å². The first kappa shape index (κ1) is 13.4. The van der Waals surface area contributed by atoms with E-state index < -0.39 is 0 Å². The van der Waals surface area contributed by atoms with E-state index in [1.54, 1.807) is 7.11 Å². The van der Waals surface area contributed by atoms with Crippen molar-refractivity contribution in [3.05, 3.63) is 29.3 Å². The van der Waals surface area contributed by atoms with Crippen LogP contribution in [0.4, 0.5) is 0 Å². The minimum atomic E-state index is 0.515. The third-order valence-electron chi connectivity index (χ3n) is 3.77. The molecule has 2 rings (SSSR count). The minimum Gasteiger partial charge on any atom is -0.496 e. The first-order valence-corrected chi connectivity index (χ1v) is 7.10. The number of piperidine rings is 1. The summed E-state index contributed by atoms with van der Waals surface area (Å²) in [5, 5.41) is 0. The summed E-state index contributed by atoms with van der Waals surface area (Å²) in [6, 6.07) is 6.64. The molecular formula is C16H25NO. The Hall–Kier alpha value is -1.02. The summed E-state index contributed by atoms with van der Waals surface area (Å²) in [5.41, 5.74) is 2.74. The summed E-state index contributed by atoms with van der Waals surface area (Å²) in [5.74, 6) is 1.54. The fraction of sp³-hybridized carbons (Fsp3) is 0.625. The lowest BCUT2D eigenvalue weighted by atomic mass is 9.99. The van der Waals surface area contributed by atoms with E-state index in [4.69, 9.17) is 4.74 Å². The van der Waals surface area contributed by atoms with Gasteiger partial charge < -0.3 is 4.74 Å². The monoisotopic (exact) mass is 247 g/mol. The van der Waals surface area contributed by atoms with Crippen LogP contribution in [-0.2, 0) is 6.54 Å². The number of hydrogen-bond donors (Lipinski definition) is 0. The van der Waals surface area contributed by atoms with Gasteiger partial charge in [0.25, 0.3) is 0 Å². The molecule has 0 spiro atoms. The highest BCUT2D eigenvalue weighted by Crippen LogP contribution is 2.28. The van der Waals surface area contributed by atoms with Gasteiger partial charge in [0, 0.05) is 6.54 Å². The molecule has 1 saturated heterocycles. The first-order valence-electron chi connectivity index (χ1n) is 7.10. The van der Waals surface area contributed by atoms with Crippen molar-refractivity contribution in [1.29, 1.82) is 0 Å². The molecule has 1 aromatic carbocycles. The summed E-state index contributed by atoms with van der Waals surface area (Å²) in [4.78, 5) is 2.56. The largest absolute Gasteiger partial charge is 0.496 e. The third kappa shape index (κ3) is 3.26. The molecule has 0 N–H and O–H groups in total. The summed E-state index contributed by atoms with van der Waals surface area (Å²) in [6.45, 7) is 8.04. The fourth-order valence-electron chi connectivity index (χ4n) is 2.71. The van der Waals surface area contributed by atoms with Gasteiger partial charge in [0.1, 0.15) is 5.75 Å². The molecule has 0 aromatic heterocycles. The minimum absolute atomic E-state index is 0.515. The zero-order chi connectivity index (χ0) is 13.0. The van der Waals surface area contributed by atoms with E-state index in [1.807, 2.05) is 0 Å². The van der Waals surface area contributed by atoms with E-state index in [9.17, 15) is 0 Å². The van der Waals surface area contributed by atoms with Crippen molar-refractivity contribution in [1.82, 2.24) is 4.90 Å². The maximum atomic E-state index is 5.44. The molecule has 1 aliphatic heterocycles. The highest BCUT2D eigenvalue weighted by Gasteiger charge is 2.13. The van der Waals surface area contributed by atoms with Gasteiger partial charge in [-0.3, -0.25) is 4.90 Å².